The van der Waals surface area contributed by atoms with Crippen LogP contribution < -0.4 is 10.6 Å². The van der Waals surface area contributed by atoms with Crippen LogP contribution in [0.1, 0.15) is 25.6 Å². The first-order valence-corrected chi connectivity index (χ1v) is 8.83. The number of carbonyl (C=O) groups is 2. The Hall–Kier alpha value is -3.52. The van der Waals surface area contributed by atoms with Crippen LogP contribution in [0.3, 0.4) is 0 Å². The van der Waals surface area contributed by atoms with Crippen molar-refractivity contribution in [2.24, 2.45) is 0 Å². The molecule has 0 aliphatic carbocycles. The van der Waals surface area contributed by atoms with Crippen LogP contribution in [0.4, 0.5) is 17.1 Å². The van der Waals surface area contributed by atoms with Crippen molar-refractivity contribution in [2.45, 2.75) is 6.92 Å². The van der Waals surface area contributed by atoms with E-state index in [1.165, 1.54) is 23.5 Å². The number of carbonyl (C=O) groups excluding carboxylic acids is 2. The van der Waals surface area contributed by atoms with Crippen molar-refractivity contribution in [3.63, 3.8) is 0 Å². The minimum atomic E-state index is -0.518. The number of nitrogens with one attached hydrogen (secondary N) is 2. The Balaban J connectivity index is 1.77. The summed E-state index contributed by atoms with van der Waals surface area (Å²) in [5.41, 5.74) is 1.77. The van der Waals surface area contributed by atoms with E-state index >= 15 is 0 Å². The minimum Gasteiger partial charge on any atom is -0.321 e. The third-order valence-corrected chi connectivity index (χ3v) is 4.68. The van der Waals surface area contributed by atoms with Gasteiger partial charge in [-0.1, -0.05) is 18.2 Å². The van der Waals surface area contributed by atoms with E-state index in [-0.39, 0.29) is 11.6 Å². The van der Waals surface area contributed by atoms with Crippen LogP contribution in [-0.2, 0) is 0 Å². The molecule has 136 valence electrons. The first-order chi connectivity index (χ1) is 12.9. The molecule has 0 aliphatic rings. The summed E-state index contributed by atoms with van der Waals surface area (Å²) in [5.74, 6) is -0.678. The summed E-state index contributed by atoms with van der Waals surface area (Å²) in [5, 5.41) is 18.1. The number of thiophene rings is 1. The molecule has 0 aliphatic heterocycles. The molecule has 2 aromatic carbocycles. The van der Waals surface area contributed by atoms with Crippen molar-refractivity contribution in [1.29, 1.82) is 0 Å². The molecule has 0 radical (unpaired) electrons. The smallest absolute Gasteiger partial charge is 0.271 e. The van der Waals surface area contributed by atoms with Crippen molar-refractivity contribution in [3.8, 4) is 0 Å². The monoisotopic (exact) mass is 381 g/mol. The van der Waals surface area contributed by atoms with Gasteiger partial charge in [0.25, 0.3) is 17.5 Å². The van der Waals surface area contributed by atoms with Gasteiger partial charge in [0.2, 0.25) is 0 Å². The lowest BCUT2D eigenvalue weighted by Crippen LogP contribution is -2.14. The Bertz CT molecular complexity index is 1020. The van der Waals surface area contributed by atoms with E-state index < -0.39 is 10.8 Å². The van der Waals surface area contributed by atoms with Gasteiger partial charge >= 0.3 is 0 Å². The summed E-state index contributed by atoms with van der Waals surface area (Å²) < 4.78 is 0. The summed E-state index contributed by atoms with van der Waals surface area (Å²) in [6, 6.07) is 14.2. The number of nitro groups is 1. The SMILES string of the molecule is Cc1ccc([N+](=O)[O-])cc1NC(=O)c1cccc(NC(=O)c2cccs2)c1. The van der Waals surface area contributed by atoms with Crippen molar-refractivity contribution < 1.29 is 14.5 Å². The summed E-state index contributed by atoms with van der Waals surface area (Å²) >= 11 is 1.32. The molecule has 7 nitrogen and oxygen atoms in total. The quantitative estimate of drug-likeness (QED) is 0.503. The average Bonchev–Trinajstić information content (AvgIpc) is 3.18. The molecule has 0 fully saturated rings. The third-order valence-electron chi connectivity index (χ3n) is 3.81. The van der Waals surface area contributed by atoms with E-state index in [0.717, 1.165) is 0 Å². The second-order valence-corrected chi connectivity index (χ2v) is 6.67. The fourth-order valence-electron chi connectivity index (χ4n) is 2.39. The maximum absolute atomic E-state index is 12.5. The third kappa shape index (κ3) is 4.36. The van der Waals surface area contributed by atoms with E-state index in [9.17, 15) is 19.7 Å². The number of aryl methyl sites for hydroxylation is 1. The lowest BCUT2D eigenvalue weighted by Gasteiger charge is -2.10. The zero-order chi connectivity index (χ0) is 19.4. The molecule has 3 rings (SSSR count). The molecule has 2 N–H and O–H groups in total. The van der Waals surface area contributed by atoms with Crippen LogP contribution in [0.2, 0.25) is 0 Å². The van der Waals surface area contributed by atoms with Gasteiger partial charge in [-0.05, 0) is 42.1 Å². The second kappa shape index (κ2) is 7.79. The molecule has 0 atom stereocenters. The van der Waals surface area contributed by atoms with Crippen LogP contribution in [0.25, 0.3) is 0 Å². The highest BCUT2D eigenvalue weighted by Gasteiger charge is 2.13. The fraction of sp³-hybridized carbons (Fsp3) is 0.0526. The number of rotatable bonds is 5. The van der Waals surface area contributed by atoms with Gasteiger partial charge < -0.3 is 10.6 Å². The predicted molar refractivity (Wildman–Crippen MR) is 105 cm³/mol. The minimum absolute atomic E-state index is 0.104. The maximum atomic E-state index is 12.5. The van der Waals surface area contributed by atoms with Gasteiger partial charge in [0.15, 0.2) is 0 Å². The van der Waals surface area contributed by atoms with E-state index in [0.29, 0.717) is 27.4 Å². The number of anilines is 2. The van der Waals surface area contributed by atoms with Gasteiger partial charge in [-0.25, -0.2) is 0 Å². The molecule has 1 aromatic heterocycles. The number of nitro benzene ring substituents is 1. The second-order valence-electron chi connectivity index (χ2n) is 5.72. The fourth-order valence-corrected chi connectivity index (χ4v) is 3.01. The van der Waals surface area contributed by atoms with Crippen LogP contribution in [0.5, 0.6) is 0 Å². The van der Waals surface area contributed by atoms with Gasteiger partial charge in [0, 0.05) is 23.4 Å². The molecule has 27 heavy (non-hydrogen) atoms. The normalized spacial score (nSPS) is 10.3. The standard InChI is InChI=1S/C19H15N3O4S/c1-12-7-8-15(22(25)26)11-16(12)21-18(23)13-4-2-5-14(10-13)20-19(24)17-6-3-9-27-17/h2-11H,1H3,(H,20,24)(H,21,23). The lowest BCUT2D eigenvalue weighted by atomic mass is 10.1. The molecule has 3 aromatic rings. The first-order valence-electron chi connectivity index (χ1n) is 7.95. The number of amides is 2. The number of hydrogen-bond donors (Lipinski definition) is 2. The van der Waals surface area contributed by atoms with E-state index in [2.05, 4.69) is 10.6 Å². The molecule has 0 saturated heterocycles. The summed E-state index contributed by atoms with van der Waals surface area (Å²) in [6.07, 6.45) is 0. The Morgan fingerprint density at radius 3 is 2.52 bits per heavy atom. The highest BCUT2D eigenvalue weighted by Crippen LogP contribution is 2.23. The van der Waals surface area contributed by atoms with Crippen LogP contribution >= 0.6 is 11.3 Å². The van der Waals surface area contributed by atoms with Gasteiger partial charge in [0.1, 0.15) is 0 Å². The van der Waals surface area contributed by atoms with Crippen LogP contribution in [0.15, 0.2) is 60.0 Å². The van der Waals surface area contributed by atoms with Crippen molar-refractivity contribution in [3.05, 3.63) is 86.1 Å². The topological polar surface area (TPSA) is 101 Å². The van der Waals surface area contributed by atoms with Gasteiger partial charge in [-0.15, -0.1) is 11.3 Å². The number of nitrogens with zero attached hydrogens (tertiary/aromatic N) is 1. The number of benzene rings is 2. The zero-order valence-corrected chi connectivity index (χ0v) is 15.1. The molecule has 2 amide bonds. The van der Waals surface area contributed by atoms with E-state index in [1.54, 1.807) is 54.8 Å². The molecule has 0 unspecified atom stereocenters. The first kappa shape index (κ1) is 18.3. The molecular formula is C19H15N3O4S. The van der Waals surface area contributed by atoms with Gasteiger partial charge in [0.05, 0.1) is 15.5 Å². The van der Waals surface area contributed by atoms with Crippen molar-refractivity contribution in [1.82, 2.24) is 0 Å². The van der Waals surface area contributed by atoms with Gasteiger partial charge in [-0.2, -0.15) is 0 Å². The Morgan fingerprint density at radius 2 is 1.81 bits per heavy atom. The van der Waals surface area contributed by atoms with Crippen LogP contribution in [-0.4, -0.2) is 16.7 Å². The molecular weight excluding hydrogens is 366 g/mol. The predicted octanol–water partition coefficient (Wildman–Crippen LogP) is 4.47. The zero-order valence-electron chi connectivity index (χ0n) is 14.3. The molecule has 0 bridgehead atoms. The Labute approximate surface area is 158 Å². The average molecular weight is 381 g/mol. The summed E-state index contributed by atoms with van der Waals surface area (Å²) in [4.78, 5) is 35.6. The van der Waals surface area contributed by atoms with E-state index in [1.807, 2.05) is 0 Å². The number of non-ortho nitro benzene ring substituents is 1. The molecule has 8 heteroatoms. The highest BCUT2D eigenvalue weighted by atomic mass is 32.1. The van der Waals surface area contributed by atoms with Crippen LogP contribution in [0, 0.1) is 17.0 Å². The Kier molecular flexibility index (Phi) is 5.28. The summed E-state index contributed by atoms with van der Waals surface area (Å²) in [7, 11) is 0. The van der Waals surface area contributed by atoms with Crippen molar-refractivity contribution >= 4 is 40.2 Å². The summed E-state index contributed by atoms with van der Waals surface area (Å²) in [6.45, 7) is 1.75. The number of hydrogen-bond acceptors (Lipinski definition) is 5. The van der Waals surface area contributed by atoms with Gasteiger partial charge in [-0.3, -0.25) is 19.7 Å². The van der Waals surface area contributed by atoms with E-state index in [4.69, 9.17) is 0 Å². The Morgan fingerprint density at radius 1 is 1.00 bits per heavy atom. The largest absolute Gasteiger partial charge is 0.321 e. The maximum Gasteiger partial charge on any atom is 0.271 e. The molecule has 0 saturated carbocycles. The van der Waals surface area contributed by atoms with Crippen molar-refractivity contribution in [2.75, 3.05) is 10.6 Å². The molecule has 0 spiro atoms. The molecule has 1 heterocycles. The highest BCUT2D eigenvalue weighted by molar-refractivity contribution is 7.12. The lowest BCUT2D eigenvalue weighted by molar-refractivity contribution is -0.384.